The van der Waals surface area contributed by atoms with Gasteiger partial charge in [-0.25, -0.2) is 0 Å². The summed E-state index contributed by atoms with van der Waals surface area (Å²) in [5.74, 6) is 0.522. The highest BCUT2D eigenvalue weighted by Crippen LogP contribution is 2.26. The van der Waals surface area contributed by atoms with Gasteiger partial charge in [-0.1, -0.05) is 12.8 Å². The Morgan fingerprint density at radius 1 is 1.12 bits per heavy atom. The Hall–Kier alpha value is -0.120. The molecule has 0 bridgehead atoms. The molecular formula is C14H28N2O. The molecule has 1 saturated carbocycles. The summed E-state index contributed by atoms with van der Waals surface area (Å²) in [4.78, 5) is 4.92. The van der Waals surface area contributed by atoms with Crippen LogP contribution in [0.2, 0.25) is 0 Å². The van der Waals surface area contributed by atoms with Crippen molar-refractivity contribution in [2.75, 3.05) is 33.7 Å². The van der Waals surface area contributed by atoms with Crippen LogP contribution in [-0.2, 0) is 0 Å². The molecule has 1 N–H and O–H groups in total. The van der Waals surface area contributed by atoms with Gasteiger partial charge in [-0.2, -0.15) is 0 Å². The molecule has 0 aromatic carbocycles. The van der Waals surface area contributed by atoms with E-state index in [9.17, 15) is 5.11 Å². The number of hydrogen-bond acceptors (Lipinski definition) is 3. The lowest BCUT2D eigenvalue weighted by atomic mass is 9.86. The van der Waals surface area contributed by atoms with E-state index < -0.39 is 0 Å². The lowest BCUT2D eigenvalue weighted by Crippen LogP contribution is -2.45. The van der Waals surface area contributed by atoms with E-state index in [1.165, 1.54) is 45.2 Å². The maximum Gasteiger partial charge on any atom is 0.0580 e. The van der Waals surface area contributed by atoms with Gasteiger partial charge in [0, 0.05) is 12.6 Å². The zero-order valence-electron chi connectivity index (χ0n) is 11.4. The second-order valence-electron chi connectivity index (χ2n) is 6.09. The van der Waals surface area contributed by atoms with Crippen molar-refractivity contribution in [3.63, 3.8) is 0 Å². The number of hydrogen-bond donors (Lipinski definition) is 1. The minimum atomic E-state index is -0.0440. The molecule has 1 saturated heterocycles. The monoisotopic (exact) mass is 240 g/mol. The van der Waals surface area contributed by atoms with Crippen LogP contribution >= 0.6 is 0 Å². The van der Waals surface area contributed by atoms with Crippen molar-refractivity contribution < 1.29 is 5.11 Å². The van der Waals surface area contributed by atoms with Crippen molar-refractivity contribution in [3.8, 4) is 0 Å². The summed E-state index contributed by atoms with van der Waals surface area (Å²) < 4.78 is 0. The largest absolute Gasteiger partial charge is 0.393 e. The molecule has 0 amide bonds. The zero-order chi connectivity index (χ0) is 12.3. The fourth-order valence-corrected chi connectivity index (χ4v) is 3.36. The quantitative estimate of drug-likeness (QED) is 0.811. The van der Waals surface area contributed by atoms with Gasteiger partial charge in [0.15, 0.2) is 0 Å². The fraction of sp³-hybridized carbons (Fsp3) is 1.00. The summed E-state index contributed by atoms with van der Waals surface area (Å²) in [5.41, 5.74) is 0. The molecule has 2 rings (SSSR count). The summed E-state index contributed by atoms with van der Waals surface area (Å²) in [6.07, 6.45) is 7.30. The van der Waals surface area contributed by atoms with E-state index in [0.29, 0.717) is 5.92 Å². The average Bonchev–Trinajstić information content (AvgIpc) is 2.33. The van der Waals surface area contributed by atoms with E-state index in [0.717, 1.165) is 19.0 Å². The van der Waals surface area contributed by atoms with Crippen LogP contribution in [0.25, 0.3) is 0 Å². The number of aliphatic hydroxyl groups is 1. The van der Waals surface area contributed by atoms with E-state index in [-0.39, 0.29) is 6.10 Å². The molecule has 3 heteroatoms. The van der Waals surface area contributed by atoms with Gasteiger partial charge >= 0.3 is 0 Å². The Kier molecular flexibility index (Phi) is 4.83. The van der Waals surface area contributed by atoms with Gasteiger partial charge < -0.3 is 14.9 Å². The Morgan fingerprint density at radius 3 is 2.41 bits per heavy atom. The first-order valence-electron chi connectivity index (χ1n) is 7.23. The summed E-state index contributed by atoms with van der Waals surface area (Å²) in [6.45, 7) is 3.54. The van der Waals surface area contributed by atoms with Gasteiger partial charge in [0.25, 0.3) is 0 Å². The third kappa shape index (κ3) is 3.67. The highest BCUT2D eigenvalue weighted by Gasteiger charge is 2.27. The smallest absolute Gasteiger partial charge is 0.0580 e. The van der Waals surface area contributed by atoms with Gasteiger partial charge in [0.2, 0.25) is 0 Å². The fourth-order valence-electron chi connectivity index (χ4n) is 3.36. The highest BCUT2D eigenvalue weighted by atomic mass is 16.3. The van der Waals surface area contributed by atoms with Gasteiger partial charge in [-0.3, -0.25) is 0 Å². The highest BCUT2D eigenvalue weighted by molar-refractivity contribution is 4.82. The van der Waals surface area contributed by atoms with Crippen LogP contribution in [0.1, 0.15) is 38.5 Å². The summed E-state index contributed by atoms with van der Waals surface area (Å²) in [7, 11) is 4.46. The number of piperidine rings is 1. The molecule has 2 aliphatic rings. The zero-order valence-corrected chi connectivity index (χ0v) is 11.4. The van der Waals surface area contributed by atoms with E-state index in [2.05, 4.69) is 23.9 Å². The Morgan fingerprint density at radius 2 is 1.76 bits per heavy atom. The van der Waals surface area contributed by atoms with Crippen LogP contribution in [-0.4, -0.2) is 60.8 Å². The van der Waals surface area contributed by atoms with E-state index >= 15 is 0 Å². The maximum absolute atomic E-state index is 10.0. The number of aliphatic hydroxyl groups excluding tert-OH is 1. The molecule has 1 aliphatic carbocycles. The summed E-state index contributed by atoms with van der Waals surface area (Å²) >= 11 is 0. The molecule has 1 aliphatic heterocycles. The molecular weight excluding hydrogens is 212 g/mol. The molecule has 2 fully saturated rings. The SMILES string of the molecule is CN1CCC(N(C)CC2CCCCC2O)CC1. The van der Waals surface area contributed by atoms with Gasteiger partial charge in [-0.15, -0.1) is 0 Å². The van der Waals surface area contributed by atoms with Crippen molar-refractivity contribution in [1.82, 2.24) is 9.80 Å². The van der Waals surface area contributed by atoms with E-state index in [1.807, 2.05) is 0 Å². The molecule has 2 unspecified atom stereocenters. The molecule has 100 valence electrons. The Balaban J connectivity index is 1.77. The molecule has 3 nitrogen and oxygen atoms in total. The molecule has 2 atom stereocenters. The predicted octanol–water partition coefficient (Wildman–Crippen LogP) is 1.56. The first-order valence-corrected chi connectivity index (χ1v) is 7.23. The normalized spacial score (nSPS) is 33.2. The van der Waals surface area contributed by atoms with Crippen LogP contribution in [0, 0.1) is 5.92 Å². The first-order chi connectivity index (χ1) is 8.16. The molecule has 0 aromatic rings. The van der Waals surface area contributed by atoms with Crippen molar-refractivity contribution in [2.45, 2.75) is 50.7 Å². The maximum atomic E-state index is 10.0. The van der Waals surface area contributed by atoms with Crippen LogP contribution < -0.4 is 0 Å². The number of nitrogens with zero attached hydrogens (tertiary/aromatic N) is 2. The van der Waals surface area contributed by atoms with Gasteiger partial charge in [0.1, 0.15) is 0 Å². The van der Waals surface area contributed by atoms with Crippen molar-refractivity contribution in [3.05, 3.63) is 0 Å². The summed E-state index contributed by atoms with van der Waals surface area (Å²) in [5, 5.41) is 10.0. The van der Waals surface area contributed by atoms with Gasteiger partial charge in [-0.05, 0) is 58.8 Å². The number of likely N-dealkylation sites (tertiary alicyclic amines) is 1. The minimum Gasteiger partial charge on any atom is -0.393 e. The topological polar surface area (TPSA) is 26.7 Å². The Bertz CT molecular complexity index is 226. The average molecular weight is 240 g/mol. The second kappa shape index (κ2) is 6.17. The number of rotatable bonds is 3. The summed E-state index contributed by atoms with van der Waals surface area (Å²) in [6, 6.07) is 0.736. The van der Waals surface area contributed by atoms with Crippen molar-refractivity contribution >= 4 is 0 Å². The minimum absolute atomic E-state index is 0.0440. The van der Waals surface area contributed by atoms with Crippen molar-refractivity contribution in [2.24, 2.45) is 5.92 Å². The molecule has 0 radical (unpaired) electrons. The van der Waals surface area contributed by atoms with E-state index in [4.69, 9.17) is 0 Å². The van der Waals surface area contributed by atoms with Crippen LogP contribution in [0.15, 0.2) is 0 Å². The molecule has 17 heavy (non-hydrogen) atoms. The standard InChI is InChI=1S/C14H28N2O/c1-15-9-7-13(8-10-15)16(2)11-12-5-3-4-6-14(12)17/h12-14,17H,3-11H2,1-2H3. The van der Waals surface area contributed by atoms with Crippen molar-refractivity contribution in [1.29, 1.82) is 0 Å². The second-order valence-corrected chi connectivity index (χ2v) is 6.09. The Labute approximate surface area is 106 Å². The van der Waals surface area contributed by atoms with E-state index in [1.54, 1.807) is 0 Å². The first kappa shape index (κ1) is 13.3. The lowest BCUT2D eigenvalue weighted by molar-refractivity contribution is 0.0353. The third-order valence-electron chi connectivity index (χ3n) is 4.70. The predicted molar refractivity (Wildman–Crippen MR) is 71.1 cm³/mol. The molecule has 0 spiro atoms. The van der Waals surface area contributed by atoms with Gasteiger partial charge in [0.05, 0.1) is 6.10 Å². The lowest BCUT2D eigenvalue weighted by Gasteiger charge is -2.38. The van der Waals surface area contributed by atoms with Crippen LogP contribution in [0.5, 0.6) is 0 Å². The third-order valence-corrected chi connectivity index (χ3v) is 4.70. The molecule has 0 aromatic heterocycles. The van der Waals surface area contributed by atoms with Crippen LogP contribution in [0.3, 0.4) is 0 Å². The molecule has 1 heterocycles. The van der Waals surface area contributed by atoms with Crippen LogP contribution in [0.4, 0.5) is 0 Å².